The Morgan fingerprint density at radius 2 is 2.22 bits per heavy atom. The molecule has 1 aliphatic rings. The van der Waals surface area contributed by atoms with Crippen molar-refractivity contribution in [2.45, 2.75) is 26.3 Å². The number of carbonyl (C=O) groups is 1. The van der Waals surface area contributed by atoms with Crippen molar-refractivity contribution in [3.63, 3.8) is 0 Å². The smallest absolute Gasteiger partial charge is 0.257 e. The Morgan fingerprint density at radius 1 is 1.39 bits per heavy atom. The number of H-pyrrole nitrogens is 1. The van der Waals surface area contributed by atoms with E-state index < -0.39 is 0 Å². The van der Waals surface area contributed by atoms with Crippen LogP contribution in [-0.2, 0) is 6.42 Å². The van der Waals surface area contributed by atoms with E-state index in [0.717, 1.165) is 34.8 Å². The summed E-state index contributed by atoms with van der Waals surface area (Å²) in [6, 6.07) is 8.11. The van der Waals surface area contributed by atoms with Gasteiger partial charge in [0.25, 0.3) is 5.91 Å². The molecule has 5 heteroatoms. The normalized spacial score (nSPS) is 15.8. The zero-order valence-corrected chi connectivity index (χ0v) is 13.1. The molecule has 2 N–H and O–H groups in total. The number of aromatic nitrogens is 3. The maximum absolute atomic E-state index is 12.7. The number of fused-ring (bicyclic) bond motifs is 3. The third kappa shape index (κ3) is 2.16. The summed E-state index contributed by atoms with van der Waals surface area (Å²) in [4.78, 5) is 20.5. The summed E-state index contributed by atoms with van der Waals surface area (Å²) >= 11 is 0. The van der Waals surface area contributed by atoms with Crippen LogP contribution in [0.4, 0.5) is 5.69 Å². The second-order valence-corrected chi connectivity index (χ2v) is 6.04. The molecule has 116 valence electrons. The Morgan fingerprint density at radius 3 is 3.04 bits per heavy atom. The summed E-state index contributed by atoms with van der Waals surface area (Å²) in [5.74, 6) is 0.746. The number of aryl methyl sites for hydroxylation is 1. The van der Waals surface area contributed by atoms with E-state index in [2.05, 4.69) is 26.8 Å². The van der Waals surface area contributed by atoms with Gasteiger partial charge in [-0.1, -0.05) is 18.2 Å². The van der Waals surface area contributed by atoms with Crippen LogP contribution in [0.2, 0.25) is 0 Å². The summed E-state index contributed by atoms with van der Waals surface area (Å²) in [7, 11) is 0. The van der Waals surface area contributed by atoms with Gasteiger partial charge in [0.05, 0.1) is 11.1 Å². The molecular formula is C18H18N4O. The van der Waals surface area contributed by atoms with E-state index in [9.17, 15) is 4.79 Å². The van der Waals surface area contributed by atoms with Crippen LogP contribution >= 0.6 is 0 Å². The van der Waals surface area contributed by atoms with Crippen LogP contribution in [0.15, 0.2) is 42.9 Å². The minimum absolute atomic E-state index is 0.110. The molecule has 4 rings (SSSR count). The van der Waals surface area contributed by atoms with E-state index in [0.29, 0.717) is 11.6 Å². The largest absolute Gasteiger partial charge is 0.364 e. The first kappa shape index (κ1) is 13.8. The molecule has 0 radical (unpaired) electrons. The topological polar surface area (TPSA) is 62.7 Å². The van der Waals surface area contributed by atoms with Gasteiger partial charge in [-0.25, -0.2) is 4.98 Å². The number of benzene rings is 1. The predicted octanol–water partition coefficient (Wildman–Crippen LogP) is 3.56. The third-order valence-corrected chi connectivity index (χ3v) is 4.47. The van der Waals surface area contributed by atoms with Gasteiger partial charge in [0.15, 0.2) is 0 Å². The van der Waals surface area contributed by atoms with Crippen molar-refractivity contribution >= 4 is 11.6 Å². The average molecular weight is 306 g/mol. The lowest BCUT2D eigenvalue weighted by Gasteiger charge is -2.22. The van der Waals surface area contributed by atoms with Gasteiger partial charge in [-0.3, -0.25) is 4.79 Å². The molecular weight excluding hydrogens is 288 g/mol. The van der Waals surface area contributed by atoms with Crippen LogP contribution in [0.5, 0.6) is 0 Å². The molecule has 3 aromatic rings. The number of hydrogen-bond donors (Lipinski definition) is 2. The van der Waals surface area contributed by atoms with Crippen LogP contribution in [0, 0.1) is 6.92 Å². The van der Waals surface area contributed by atoms with Crippen LogP contribution in [0.1, 0.15) is 34.6 Å². The molecule has 5 nitrogen and oxygen atoms in total. The molecule has 0 aliphatic carbocycles. The summed E-state index contributed by atoms with van der Waals surface area (Å²) in [6.45, 7) is 4.14. The molecule has 0 saturated heterocycles. The van der Waals surface area contributed by atoms with E-state index >= 15 is 0 Å². The zero-order valence-electron chi connectivity index (χ0n) is 13.1. The van der Waals surface area contributed by atoms with E-state index in [4.69, 9.17) is 0 Å². The Bertz CT molecular complexity index is 890. The van der Waals surface area contributed by atoms with Crippen molar-refractivity contribution in [3.8, 4) is 11.4 Å². The second-order valence-electron chi connectivity index (χ2n) is 6.04. The van der Waals surface area contributed by atoms with Gasteiger partial charge in [-0.15, -0.1) is 0 Å². The molecule has 0 unspecified atom stereocenters. The number of hydrogen-bond acceptors (Lipinski definition) is 2. The minimum Gasteiger partial charge on any atom is -0.364 e. The summed E-state index contributed by atoms with van der Waals surface area (Å²) < 4.78 is 2.13. The van der Waals surface area contributed by atoms with Crippen molar-refractivity contribution in [1.82, 2.24) is 14.5 Å². The van der Waals surface area contributed by atoms with Gasteiger partial charge >= 0.3 is 0 Å². The van der Waals surface area contributed by atoms with Gasteiger partial charge < -0.3 is 14.9 Å². The molecule has 1 aliphatic heterocycles. The number of carbonyl (C=O) groups excluding carboxylic acids is 1. The Balaban J connectivity index is 1.73. The van der Waals surface area contributed by atoms with Gasteiger partial charge in [-0.2, -0.15) is 0 Å². The number of nitrogens with zero attached hydrogens (tertiary/aromatic N) is 2. The van der Waals surface area contributed by atoms with Crippen LogP contribution in [0.25, 0.3) is 11.4 Å². The summed E-state index contributed by atoms with van der Waals surface area (Å²) in [5, 5.41) is 3.00. The maximum Gasteiger partial charge on any atom is 0.257 e. The molecule has 0 spiro atoms. The van der Waals surface area contributed by atoms with Crippen molar-refractivity contribution in [2.24, 2.45) is 0 Å². The molecule has 0 fully saturated rings. The van der Waals surface area contributed by atoms with Crippen LogP contribution < -0.4 is 5.32 Å². The molecule has 1 atom stereocenters. The van der Waals surface area contributed by atoms with E-state index in [1.54, 1.807) is 12.4 Å². The summed E-state index contributed by atoms with van der Waals surface area (Å²) in [5.41, 5.74) is 4.51. The Labute approximate surface area is 134 Å². The van der Waals surface area contributed by atoms with Crippen molar-refractivity contribution < 1.29 is 4.79 Å². The molecule has 0 bridgehead atoms. The van der Waals surface area contributed by atoms with Gasteiger partial charge in [-0.05, 0) is 25.5 Å². The fourth-order valence-corrected chi connectivity index (χ4v) is 3.22. The van der Waals surface area contributed by atoms with Crippen LogP contribution in [0.3, 0.4) is 0 Å². The van der Waals surface area contributed by atoms with Crippen molar-refractivity contribution in [2.75, 3.05) is 5.32 Å². The number of aromatic amines is 1. The number of rotatable bonds is 2. The first-order valence-corrected chi connectivity index (χ1v) is 7.75. The SMILES string of the molecule is Cc1ccccc1NC(=O)c1c[nH]c2c1-c1nccn1[C@@H](C)C2. The second kappa shape index (κ2) is 5.12. The quantitative estimate of drug-likeness (QED) is 0.760. The highest BCUT2D eigenvalue weighted by Crippen LogP contribution is 2.35. The number of anilines is 1. The molecule has 0 saturated carbocycles. The van der Waals surface area contributed by atoms with Gasteiger partial charge in [0, 0.05) is 42.4 Å². The Kier molecular flexibility index (Phi) is 3.08. The van der Waals surface area contributed by atoms with Gasteiger partial charge in [0.2, 0.25) is 0 Å². The standard InChI is InChI=1S/C18H18N4O/c1-11-5-3-4-6-14(11)21-18(23)13-10-20-15-9-12(2)22-8-7-19-17(22)16(13)15/h3-8,10,12,20H,9H2,1-2H3,(H,21,23)/t12-/m0/s1. The van der Waals surface area contributed by atoms with Gasteiger partial charge in [0.1, 0.15) is 5.82 Å². The maximum atomic E-state index is 12.7. The molecule has 1 aromatic carbocycles. The summed E-state index contributed by atoms with van der Waals surface area (Å²) in [6.07, 6.45) is 6.42. The number of amides is 1. The monoisotopic (exact) mass is 306 g/mol. The fourth-order valence-electron chi connectivity index (χ4n) is 3.22. The lowest BCUT2D eigenvalue weighted by molar-refractivity contribution is 0.102. The molecule has 1 amide bonds. The number of para-hydroxylation sites is 1. The molecule has 3 heterocycles. The number of nitrogens with one attached hydrogen (secondary N) is 2. The number of imidazole rings is 1. The molecule has 2 aromatic heterocycles. The highest BCUT2D eigenvalue weighted by Gasteiger charge is 2.28. The molecule has 23 heavy (non-hydrogen) atoms. The zero-order chi connectivity index (χ0) is 16.0. The Hall–Kier alpha value is -2.82. The highest BCUT2D eigenvalue weighted by molar-refractivity contribution is 6.09. The fraction of sp³-hybridized carbons (Fsp3) is 0.222. The average Bonchev–Trinajstić information content (AvgIpc) is 3.15. The van der Waals surface area contributed by atoms with Crippen molar-refractivity contribution in [3.05, 3.63) is 59.7 Å². The highest BCUT2D eigenvalue weighted by atomic mass is 16.1. The lowest BCUT2D eigenvalue weighted by Crippen LogP contribution is -2.18. The lowest BCUT2D eigenvalue weighted by atomic mass is 10.00. The van der Waals surface area contributed by atoms with E-state index in [1.165, 1.54) is 0 Å². The third-order valence-electron chi connectivity index (χ3n) is 4.47. The van der Waals surface area contributed by atoms with E-state index in [1.807, 2.05) is 37.4 Å². The van der Waals surface area contributed by atoms with Crippen molar-refractivity contribution in [1.29, 1.82) is 0 Å². The predicted molar refractivity (Wildman–Crippen MR) is 89.6 cm³/mol. The van der Waals surface area contributed by atoms with Crippen LogP contribution in [-0.4, -0.2) is 20.4 Å². The van der Waals surface area contributed by atoms with E-state index in [-0.39, 0.29) is 5.91 Å². The minimum atomic E-state index is -0.110. The first-order chi connectivity index (χ1) is 11.1. The first-order valence-electron chi connectivity index (χ1n) is 7.75.